The molecule has 0 unspecified atom stereocenters. The summed E-state index contributed by atoms with van der Waals surface area (Å²) in [6.45, 7) is 1.91. The Kier molecular flexibility index (Phi) is 4.36. The molecule has 138 valence electrons. The van der Waals surface area contributed by atoms with Crippen molar-refractivity contribution in [1.82, 2.24) is 14.4 Å². The van der Waals surface area contributed by atoms with E-state index in [4.69, 9.17) is 0 Å². The molecule has 0 amide bonds. The lowest BCUT2D eigenvalue weighted by Crippen LogP contribution is -2.04. The maximum atomic E-state index is 12.8. The number of aromatic nitrogens is 3. The third-order valence-electron chi connectivity index (χ3n) is 4.33. The van der Waals surface area contributed by atoms with Crippen LogP contribution in [0.15, 0.2) is 67.3 Å². The highest BCUT2D eigenvalue weighted by molar-refractivity contribution is 5.68. The lowest BCUT2D eigenvalue weighted by molar-refractivity contribution is -0.137. The zero-order valence-corrected chi connectivity index (χ0v) is 14.8. The molecule has 4 aromatic rings. The Morgan fingerprint density at radius 2 is 1.75 bits per heavy atom. The summed E-state index contributed by atoms with van der Waals surface area (Å²) in [7, 11) is 0. The Hall–Kier alpha value is -3.59. The third-order valence-corrected chi connectivity index (χ3v) is 4.33. The number of nitrogens with zero attached hydrogens (tertiary/aromatic N) is 3. The van der Waals surface area contributed by atoms with Gasteiger partial charge in [0.25, 0.3) is 0 Å². The summed E-state index contributed by atoms with van der Waals surface area (Å²) >= 11 is 0. The molecule has 0 saturated heterocycles. The number of pyridine rings is 2. The fourth-order valence-corrected chi connectivity index (χ4v) is 2.93. The van der Waals surface area contributed by atoms with Crippen molar-refractivity contribution in [2.24, 2.45) is 0 Å². The Balaban J connectivity index is 1.76. The van der Waals surface area contributed by atoms with Crippen LogP contribution in [-0.4, -0.2) is 14.4 Å². The second kappa shape index (κ2) is 6.86. The van der Waals surface area contributed by atoms with Gasteiger partial charge in [-0.2, -0.15) is 13.2 Å². The van der Waals surface area contributed by atoms with Gasteiger partial charge in [-0.1, -0.05) is 18.1 Å². The van der Waals surface area contributed by atoms with Gasteiger partial charge >= 0.3 is 6.18 Å². The van der Waals surface area contributed by atoms with Gasteiger partial charge < -0.3 is 0 Å². The zero-order valence-electron chi connectivity index (χ0n) is 14.8. The molecule has 0 spiro atoms. The maximum absolute atomic E-state index is 12.8. The molecule has 0 aliphatic heterocycles. The lowest BCUT2D eigenvalue weighted by atomic mass is 10.0. The van der Waals surface area contributed by atoms with Crippen LogP contribution in [0.3, 0.4) is 0 Å². The predicted molar refractivity (Wildman–Crippen MR) is 101 cm³/mol. The molecule has 1 aromatic carbocycles. The Labute approximate surface area is 159 Å². The van der Waals surface area contributed by atoms with Crippen molar-refractivity contribution in [3.8, 4) is 23.0 Å². The van der Waals surface area contributed by atoms with Crippen LogP contribution < -0.4 is 0 Å². The van der Waals surface area contributed by atoms with Gasteiger partial charge in [-0.05, 0) is 59.9 Å². The first-order chi connectivity index (χ1) is 13.4. The summed E-state index contributed by atoms with van der Waals surface area (Å²) in [5.74, 6) is 6.12. The van der Waals surface area contributed by atoms with E-state index in [-0.39, 0.29) is 0 Å². The lowest BCUT2D eigenvalue weighted by Gasteiger charge is -2.09. The molecule has 0 aliphatic carbocycles. The summed E-state index contributed by atoms with van der Waals surface area (Å²) in [5, 5.41) is 0. The van der Waals surface area contributed by atoms with E-state index >= 15 is 0 Å². The topological polar surface area (TPSA) is 30.2 Å². The SMILES string of the molecule is Cc1cc(-c2ccc(C(F)(F)F)cc2)cn2c(C#Cc3cccnc3)cnc12. The molecule has 28 heavy (non-hydrogen) atoms. The summed E-state index contributed by atoms with van der Waals surface area (Å²) in [6.07, 6.45) is 2.53. The van der Waals surface area contributed by atoms with E-state index in [1.807, 2.05) is 35.7 Å². The molecule has 4 rings (SSSR count). The predicted octanol–water partition coefficient (Wildman–Crippen LogP) is 5.12. The van der Waals surface area contributed by atoms with Gasteiger partial charge in [0.2, 0.25) is 0 Å². The Morgan fingerprint density at radius 1 is 0.964 bits per heavy atom. The number of hydrogen-bond donors (Lipinski definition) is 0. The van der Waals surface area contributed by atoms with Crippen LogP contribution in [0.5, 0.6) is 0 Å². The molecule has 0 N–H and O–H groups in total. The van der Waals surface area contributed by atoms with E-state index in [0.29, 0.717) is 11.3 Å². The number of benzene rings is 1. The van der Waals surface area contributed by atoms with Crippen LogP contribution in [0.1, 0.15) is 22.4 Å². The van der Waals surface area contributed by atoms with Gasteiger partial charge in [-0.15, -0.1) is 0 Å². The van der Waals surface area contributed by atoms with Gasteiger partial charge in [0.1, 0.15) is 11.3 Å². The number of aryl methyl sites for hydroxylation is 1. The first-order valence-electron chi connectivity index (χ1n) is 8.49. The van der Waals surface area contributed by atoms with Crippen LogP contribution >= 0.6 is 0 Å². The van der Waals surface area contributed by atoms with E-state index in [2.05, 4.69) is 21.8 Å². The van der Waals surface area contributed by atoms with Crippen LogP contribution in [-0.2, 0) is 6.18 Å². The molecule has 0 aliphatic rings. The van der Waals surface area contributed by atoms with Crippen LogP contribution in [0.2, 0.25) is 0 Å². The van der Waals surface area contributed by atoms with E-state index in [0.717, 1.165) is 34.5 Å². The molecule has 3 nitrogen and oxygen atoms in total. The van der Waals surface area contributed by atoms with Crippen molar-refractivity contribution < 1.29 is 13.2 Å². The highest BCUT2D eigenvalue weighted by Crippen LogP contribution is 2.31. The van der Waals surface area contributed by atoms with E-state index in [1.54, 1.807) is 18.6 Å². The second-order valence-electron chi connectivity index (χ2n) is 6.32. The molecule has 0 fully saturated rings. The molecule has 3 aromatic heterocycles. The molecule has 0 saturated carbocycles. The number of rotatable bonds is 1. The molecule has 0 bridgehead atoms. The van der Waals surface area contributed by atoms with Crippen LogP contribution in [0.25, 0.3) is 16.8 Å². The van der Waals surface area contributed by atoms with E-state index in [1.165, 1.54) is 12.1 Å². The number of fused-ring (bicyclic) bond motifs is 1. The molecule has 6 heteroatoms. The minimum Gasteiger partial charge on any atom is -0.292 e. The van der Waals surface area contributed by atoms with Crippen molar-refractivity contribution in [3.63, 3.8) is 0 Å². The minimum absolute atomic E-state index is 0.667. The average molecular weight is 377 g/mol. The molecular weight excluding hydrogens is 363 g/mol. The Bertz CT molecular complexity index is 1200. The number of halogens is 3. The second-order valence-corrected chi connectivity index (χ2v) is 6.32. The maximum Gasteiger partial charge on any atom is 0.416 e. The third kappa shape index (κ3) is 3.47. The number of alkyl halides is 3. The Morgan fingerprint density at radius 3 is 2.43 bits per heavy atom. The normalized spacial score (nSPS) is 11.3. The van der Waals surface area contributed by atoms with Crippen molar-refractivity contribution in [3.05, 3.63) is 89.6 Å². The fraction of sp³-hybridized carbons (Fsp3) is 0.0909. The highest BCUT2D eigenvalue weighted by atomic mass is 19.4. The average Bonchev–Trinajstić information content (AvgIpc) is 3.10. The number of imidazole rings is 1. The van der Waals surface area contributed by atoms with Crippen LogP contribution in [0.4, 0.5) is 13.2 Å². The molecule has 0 radical (unpaired) electrons. The first kappa shape index (κ1) is 17.8. The van der Waals surface area contributed by atoms with Gasteiger partial charge in [-0.25, -0.2) is 4.98 Å². The summed E-state index contributed by atoms with van der Waals surface area (Å²) in [6, 6.07) is 10.7. The highest BCUT2D eigenvalue weighted by Gasteiger charge is 2.30. The van der Waals surface area contributed by atoms with Crippen molar-refractivity contribution in [2.75, 3.05) is 0 Å². The smallest absolute Gasteiger partial charge is 0.292 e. The fourth-order valence-electron chi connectivity index (χ4n) is 2.93. The van der Waals surface area contributed by atoms with Crippen molar-refractivity contribution in [1.29, 1.82) is 0 Å². The van der Waals surface area contributed by atoms with Gasteiger partial charge in [-0.3, -0.25) is 9.38 Å². The quantitative estimate of drug-likeness (QED) is 0.431. The molecular formula is C22H14F3N3. The largest absolute Gasteiger partial charge is 0.416 e. The van der Waals surface area contributed by atoms with Gasteiger partial charge in [0.05, 0.1) is 11.8 Å². The van der Waals surface area contributed by atoms with Crippen LogP contribution in [0, 0.1) is 18.8 Å². The van der Waals surface area contributed by atoms with E-state index < -0.39 is 11.7 Å². The summed E-state index contributed by atoms with van der Waals surface area (Å²) in [4.78, 5) is 8.44. The summed E-state index contributed by atoms with van der Waals surface area (Å²) in [5.41, 5.74) is 3.96. The van der Waals surface area contributed by atoms with Gasteiger partial charge in [0.15, 0.2) is 0 Å². The minimum atomic E-state index is -4.35. The monoisotopic (exact) mass is 377 g/mol. The number of hydrogen-bond acceptors (Lipinski definition) is 2. The molecule has 0 atom stereocenters. The van der Waals surface area contributed by atoms with Crippen molar-refractivity contribution >= 4 is 5.65 Å². The van der Waals surface area contributed by atoms with Crippen molar-refractivity contribution in [2.45, 2.75) is 13.1 Å². The van der Waals surface area contributed by atoms with E-state index in [9.17, 15) is 13.2 Å². The van der Waals surface area contributed by atoms with Gasteiger partial charge in [0, 0.05) is 24.2 Å². The summed E-state index contributed by atoms with van der Waals surface area (Å²) < 4.78 is 40.2. The standard InChI is InChI=1S/C22H14F3N3/c1-15-11-18(17-5-7-19(8-6-17)22(23,24)25)14-28-20(13-27-21(15)28)9-4-16-3-2-10-26-12-16/h2-3,5-8,10-14H,1H3. The zero-order chi connectivity index (χ0) is 19.7. The first-order valence-corrected chi connectivity index (χ1v) is 8.49. The molecule has 3 heterocycles.